The quantitative estimate of drug-likeness (QED) is 0.449. The summed E-state index contributed by atoms with van der Waals surface area (Å²) in [6.07, 6.45) is -0.223. The van der Waals surface area contributed by atoms with Gasteiger partial charge in [-0.1, -0.05) is 13.4 Å². The van der Waals surface area contributed by atoms with E-state index in [2.05, 4.69) is 14.4 Å². The smallest absolute Gasteiger partial charge is 0.180 e. The lowest BCUT2D eigenvalue weighted by molar-refractivity contribution is -0.00207. The van der Waals surface area contributed by atoms with Crippen LogP contribution in [0, 0.1) is 0 Å². The van der Waals surface area contributed by atoms with E-state index in [-0.39, 0.29) is 0 Å². The summed E-state index contributed by atoms with van der Waals surface area (Å²) in [7, 11) is 4.50. The minimum atomic E-state index is -1.93. The Hall–Kier alpha value is -0.345. The maximum Gasteiger partial charge on any atom is 0.180 e. The maximum atomic E-state index is 13.2. The summed E-state index contributed by atoms with van der Waals surface area (Å²) < 4.78 is 13.2. The molecule has 0 bridgehead atoms. The fraction of sp³-hybridized carbons (Fsp3) is 0.750. The van der Waals surface area contributed by atoms with Gasteiger partial charge in [-0.15, -0.1) is 0 Å². The molecule has 1 aliphatic carbocycles. The standard InChI is InChI=1S/C7H11FO2.CH3B/c1-5-2-3-6(10)7(5,8)4-9;1-2/h6,9-10H,1-4H2;1H3/t6-,7+;/m1./s1. The molecule has 2 radical (unpaired) electrons. The van der Waals surface area contributed by atoms with Gasteiger partial charge in [0.1, 0.15) is 0 Å². The molecule has 0 saturated heterocycles. The van der Waals surface area contributed by atoms with Crippen LogP contribution in [0.1, 0.15) is 12.8 Å². The van der Waals surface area contributed by atoms with Gasteiger partial charge in [0.25, 0.3) is 0 Å². The summed E-state index contributed by atoms with van der Waals surface area (Å²) in [4.78, 5) is 0. The molecule has 1 fully saturated rings. The molecular formula is C8H14BFO2. The Labute approximate surface area is 73.5 Å². The number of hydrogen-bond donors (Lipinski definition) is 2. The summed E-state index contributed by atoms with van der Waals surface area (Å²) in [6, 6.07) is 0. The van der Waals surface area contributed by atoms with Crippen LogP contribution in [0.2, 0.25) is 6.82 Å². The maximum absolute atomic E-state index is 13.2. The fourth-order valence-corrected chi connectivity index (χ4v) is 1.20. The number of hydrogen-bond acceptors (Lipinski definition) is 2. The van der Waals surface area contributed by atoms with Crippen LogP contribution in [0.15, 0.2) is 12.2 Å². The van der Waals surface area contributed by atoms with Crippen molar-refractivity contribution in [1.29, 1.82) is 0 Å². The van der Waals surface area contributed by atoms with Gasteiger partial charge >= 0.3 is 0 Å². The summed E-state index contributed by atoms with van der Waals surface area (Å²) in [6.45, 7) is 4.27. The van der Waals surface area contributed by atoms with Crippen LogP contribution in [0.25, 0.3) is 0 Å². The summed E-state index contributed by atoms with van der Waals surface area (Å²) in [5, 5.41) is 17.6. The van der Waals surface area contributed by atoms with Crippen molar-refractivity contribution in [3.8, 4) is 0 Å². The zero-order chi connectivity index (χ0) is 9.78. The third kappa shape index (κ3) is 1.87. The normalized spacial score (nSPS) is 34.3. The van der Waals surface area contributed by atoms with Gasteiger partial charge in [0, 0.05) is 0 Å². The minimum Gasteiger partial charge on any atom is -0.393 e. The van der Waals surface area contributed by atoms with Crippen LogP contribution in [-0.2, 0) is 0 Å². The highest BCUT2D eigenvalue weighted by atomic mass is 19.1. The average Bonchev–Trinajstić information content (AvgIpc) is 2.37. The molecule has 0 heterocycles. The van der Waals surface area contributed by atoms with Crippen LogP contribution in [0.4, 0.5) is 4.39 Å². The van der Waals surface area contributed by atoms with E-state index < -0.39 is 18.4 Å². The first kappa shape index (κ1) is 11.7. The largest absolute Gasteiger partial charge is 0.393 e. The molecule has 1 saturated carbocycles. The van der Waals surface area contributed by atoms with Crippen molar-refractivity contribution in [1.82, 2.24) is 0 Å². The average molecular weight is 172 g/mol. The second-order valence-electron chi connectivity index (χ2n) is 2.68. The number of aliphatic hydroxyl groups excluding tert-OH is 2. The summed E-state index contributed by atoms with van der Waals surface area (Å²) >= 11 is 0. The van der Waals surface area contributed by atoms with E-state index in [1.54, 1.807) is 0 Å². The molecule has 0 aromatic carbocycles. The lowest BCUT2D eigenvalue weighted by Crippen LogP contribution is -2.37. The molecule has 0 aromatic rings. The lowest BCUT2D eigenvalue weighted by atomic mass is 10.00. The van der Waals surface area contributed by atoms with Gasteiger partial charge in [0.05, 0.1) is 20.6 Å². The zero-order valence-corrected chi connectivity index (χ0v) is 7.26. The molecule has 0 amide bonds. The fourth-order valence-electron chi connectivity index (χ4n) is 1.20. The van der Waals surface area contributed by atoms with Crippen LogP contribution >= 0.6 is 0 Å². The third-order valence-electron chi connectivity index (χ3n) is 2.07. The summed E-state index contributed by atoms with van der Waals surface area (Å²) in [5.41, 5.74) is -1.62. The predicted molar refractivity (Wildman–Crippen MR) is 46.9 cm³/mol. The van der Waals surface area contributed by atoms with E-state index in [4.69, 9.17) is 10.2 Å². The molecule has 2 atom stereocenters. The van der Waals surface area contributed by atoms with Gasteiger partial charge in [-0.05, 0) is 18.4 Å². The Kier molecular flexibility index (Phi) is 4.49. The predicted octanol–water partition coefficient (Wildman–Crippen LogP) is 0.601. The molecule has 1 aliphatic rings. The van der Waals surface area contributed by atoms with Crippen LogP contribution in [-0.4, -0.2) is 36.4 Å². The van der Waals surface area contributed by atoms with Crippen molar-refractivity contribution in [2.75, 3.05) is 6.61 Å². The topological polar surface area (TPSA) is 40.5 Å². The highest BCUT2D eigenvalue weighted by Gasteiger charge is 2.45. The molecule has 2 nitrogen and oxygen atoms in total. The SMILES string of the molecule is C=C1CC[C@@H](O)[C@]1(F)CO.[B]C. The number of aliphatic hydroxyl groups is 2. The number of alkyl halides is 1. The van der Waals surface area contributed by atoms with Gasteiger partial charge in [-0.2, -0.15) is 0 Å². The Morgan fingerprint density at radius 3 is 2.42 bits per heavy atom. The van der Waals surface area contributed by atoms with E-state index in [1.165, 1.54) is 6.82 Å². The molecule has 68 valence electrons. The number of halogens is 1. The second kappa shape index (κ2) is 4.62. The lowest BCUT2D eigenvalue weighted by Gasteiger charge is -2.21. The molecule has 0 aromatic heterocycles. The first-order valence-corrected chi connectivity index (χ1v) is 3.85. The second-order valence-corrected chi connectivity index (χ2v) is 2.68. The molecule has 0 spiro atoms. The highest BCUT2D eigenvalue weighted by molar-refractivity contribution is 6.05. The Bertz CT molecular complexity index is 163. The van der Waals surface area contributed by atoms with Crippen molar-refractivity contribution < 1.29 is 14.6 Å². The Morgan fingerprint density at radius 1 is 1.75 bits per heavy atom. The van der Waals surface area contributed by atoms with E-state index in [9.17, 15) is 4.39 Å². The van der Waals surface area contributed by atoms with Crippen LogP contribution < -0.4 is 0 Å². The summed E-state index contributed by atoms with van der Waals surface area (Å²) in [5.74, 6) is 0. The van der Waals surface area contributed by atoms with E-state index in [0.717, 1.165) is 0 Å². The van der Waals surface area contributed by atoms with E-state index in [1.807, 2.05) is 0 Å². The molecule has 12 heavy (non-hydrogen) atoms. The molecule has 2 N–H and O–H groups in total. The van der Waals surface area contributed by atoms with Gasteiger partial charge in [0.15, 0.2) is 5.67 Å². The monoisotopic (exact) mass is 172 g/mol. The Balaban J connectivity index is 0.000000561. The van der Waals surface area contributed by atoms with Crippen molar-refractivity contribution in [3.05, 3.63) is 12.2 Å². The van der Waals surface area contributed by atoms with Gasteiger partial charge < -0.3 is 10.2 Å². The molecular weight excluding hydrogens is 158 g/mol. The Morgan fingerprint density at radius 2 is 2.25 bits per heavy atom. The first-order chi connectivity index (χ1) is 5.61. The minimum absolute atomic E-state index is 0.308. The zero-order valence-electron chi connectivity index (χ0n) is 7.26. The van der Waals surface area contributed by atoms with Gasteiger partial charge in [-0.25, -0.2) is 4.39 Å². The van der Waals surface area contributed by atoms with Gasteiger partial charge in [0.2, 0.25) is 0 Å². The number of rotatable bonds is 1. The first-order valence-electron chi connectivity index (χ1n) is 3.85. The molecule has 1 rings (SSSR count). The molecule has 4 heteroatoms. The van der Waals surface area contributed by atoms with E-state index in [0.29, 0.717) is 18.4 Å². The van der Waals surface area contributed by atoms with Crippen molar-refractivity contribution >= 4 is 7.85 Å². The molecule has 0 unspecified atom stereocenters. The third-order valence-corrected chi connectivity index (χ3v) is 2.07. The highest BCUT2D eigenvalue weighted by Crippen LogP contribution is 2.37. The van der Waals surface area contributed by atoms with Crippen LogP contribution in [0.3, 0.4) is 0 Å². The van der Waals surface area contributed by atoms with Crippen molar-refractivity contribution in [2.45, 2.75) is 31.4 Å². The molecule has 0 aliphatic heterocycles. The van der Waals surface area contributed by atoms with Crippen molar-refractivity contribution in [2.24, 2.45) is 0 Å². The van der Waals surface area contributed by atoms with Gasteiger partial charge in [-0.3, -0.25) is 0 Å². The van der Waals surface area contributed by atoms with E-state index >= 15 is 0 Å². The van der Waals surface area contributed by atoms with Crippen molar-refractivity contribution in [3.63, 3.8) is 0 Å². The van der Waals surface area contributed by atoms with Crippen LogP contribution in [0.5, 0.6) is 0 Å².